The number of nitrogens with zero attached hydrogens (tertiary/aromatic N) is 2. The van der Waals surface area contributed by atoms with Crippen LogP contribution in [-0.2, 0) is 5.41 Å². The normalized spacial score (nSPS) is 25.0. The van der Waals surface area contributed by atoms with Crippen LogP contribution in [0.3, 0.4) is 0 Å². The molecule has 2 heterocycles. The molecule has 0 radical (unpaired) electrons. The Morgan fingerprint density at radius 1 is 0.844 bits per heavy atom. The van der Waals surface area contributed by atoms with E-state index in [2.05, 4.69) is 0 Å². The van der Waals surface area contributed by atoms with Gasteiger partial charge >= 0.3 is 0 Å². The van der Waals surface area contributed by atoms with Crippen molar-refractivity contribution in [1.82, 2.24) is 4.57 Å². The minimum Gasteiger partial charge on any atom is -0.341 e. The van der Waals surface area contributed by atoms with E-state index in [1.807, 2.05) is 20.8 Å². The summed E-state index contributed by atoms with van der Waals surface area (Å²) in [7, 11) is 0. The van der Waals surface area contributed by atoms with Crippen molar-refractivity contribution in [2.45, 2.75) is 52.9 Å². The van der Waals surface area contributed by atoms with Gasteiger partial charge < -0.3 is 9.47 Å². The Balaban J connectivity index is 2.00. The molecule has 1 aliphatic heterocycles. The molecule has 2 heteroatoms. The average Bonchev–Trinajstić information content (AvgIpc) is 3.43. The summed E-state index contributed by atoms with van der Waals surface area (Å²) in [6.45, 7) is 9.33. The van der Waals surface area contributed by atoms with Crippen LogP contribution in [0.4, 0.5) is 11.4 Å². The van der Waals surface area contributed by atoms with Crippen LogP contribution in [0.15, 0.2) is 78.7 Å². The number of aromatic nitrogens is 1. The van der Waals surface area contributed by atoms with Gasteiger partial charge in [0.1, 0.15) is 0 Å². The van der Waals surface area contributed by atoms with Crippen LogP contribution < -0.4 is 4.90 Å². The molecule has 32 heavy (non-hydrogen) atoms. The van der Waals surface area contributed by atoms with E-state index >= 15 is 0 Å². The molecule has 2 atom stereocenters. The first-order valence-electron chi connectivity index (χ1n) is 17.6. The van der Waals surface area contributed by atoms with Crippen molar-refractivity contribution in [3.8, 4) is 5.69 Å². The maximum atomic E-state index is 9.42. The molecule has 0 fully saturated rings. The third-order valence-electron chi connectivity index (χ3n) is 5.66. The van der Waals surface area contributed by atoms with Gasteiger partial charge in [0.15, 0.2) is 0 Å². The van der Waals surface area contributed by atoms with Crippen molar-refractivity contribution in [2.75, 3.05) is 11.4 Å². The molecule has 0 N–H and O–H groups in total. The lowest BCUT2D eigenvalue weighted by Gasteiger charge is -2.28. The molecule has 5 rings (SSSR count). The standard InChI is InChI=1S/C30H34N2/c1-29(2,3)25-19-31(27-16-9-7-14-23(25)27)21-12-11-13-22(18-21)32-20-26(30(4,5)6)24-15-8-10-17-28(24)32/h7-19,26H,20H2,1-6H3/i7D,8D,9D,10D,11D,12D,13D,14D,15D,16D,17D,18D,19D,20D. The van der Waals surface area contributed by atoms with Crippen molar-refractivity contribution in [2.24, 2.45) is 5.41 Å². The fourth-order valence-corrected chi connectivity index (χ4v) is 4.02. The molecule has 2 unspecified atom stereocenters. The molecule has 0 saturated heterocycles. The molecule has 1 aliphatic rings. The van der Waals surface area contributed by atoms with Crippen molar-refractivity contribution in [1.29, 1.82) is 0 Å². The summed E-state index contributed by atoms with van der Waals surface area (Å²) in [5.74, 6) is -0.824. The monoisotopic (exact) mass is 436 g/mol. The van der Waals surface area contributed by atoms with Gasteiger partial charge in [0.2, 0.25) is 0 Å². The molecule has 0 amide bonds. The average molecular weight is 437 g/mol. The van der Waals surface area contributed by atoms with E-state index in [1.165, 1.54) is 0 Å². The molecule has 164 valence electrons. The SMILES string of the molecule is [2H]c1c([2H])c([2H])c2c(c1[2H])C(C(C)(C)C)C([2H])N2c1c([2H])c([2H])c([2H])c(-n2c([2H])c(C(C)(C)C)c3c([2H])c([2H])c([2H])c([2H])c32)c1[2H]. The Bertz CT molecular complexity index is 1980. The van der Waals surface area contributed by atoms with E-state index in [0.717, 1.165) is 9.47 Å². The highest BCUT2D eigenvalue weighted by Crippen LogP contribution is 2.48. The van der Waals surface area contributed by atoms with Gasteiger partial charge in [-0.2, -0.15) is 0 Å². The second-order valence-corrected chi connectivity index (χ2v) is 10.1. The number of rotatable bonds is 2. The number of para-hydroxylation sites is 2. The second-order valence-electron chi connectivity index (χ2n) is 10.1. The van der Waals surface area contributed by atoms with Crippen molar-refractivity contribution >= 4 is 22.3 Å². The maximum Gasteiger partial charge on any atom is 0.0826 e. The maximum absolute atomic E-state index is 9.42. The van der Waals surface area contributed by atoms with E-state index in [4.69, 9.17) is 15.1 Å². The zero-order valence-electron chi connectivity index (χ0n) is 33.0. The lowest BCUT2D eigenvalue weighted by Crippen LogP contribution is -2.24. The van der Waals surface area contributed by atoms with Gasteiger partial charge in [0.05, 0.1) is 24.7 Å². The van der Waals surface area contributed by atoms with Gasteiger partial charge in [0, 0.05) is 41.1 Å². The molecule has 0 bridgehead atoms. The van der Waals surface area contributed by atoms with E-state index in [9.17, 15) is 4.11 Å². The molecule has 4 aromatic rings. The molecule has 0 spiro atoms. The van der Waals surface area contributed by atoms with Crippen LogP contribution in [0.1, 0.15) is 77.8 Å². The fourth-order valence-electron chi connectivity index (χ4n) is 4.02. The third kappa shape index (κ3) is 3.43. The topological polar surface area (TPSA) is 8.17 Å². The van der Waals surface area contributed by atoms with Crippen molar-refractivity contribution < 1.29 is 19.2 Å². The highest BCUT2D eigenvalue weighted by molar-refractivity contribution is 5.87. The largest absolute Gasteiger partial charge is 0.341 e. The summed E-state index contributed by atoms with van der Waals surface area (Å²) in [6, 6.07) is -6.52. The van der Waals surface area contributed by atoms with E-state index < -0.39 is 95.4 Å². The van der Waals surface area contributed by atoms with E-state index in [0.29, 0.717) is 0 Å². The van der Waals surface area contributed by atoms with Crippen molar-refractivity contribution in [3.63, 3.8) is 0 Å². The minimum atomic E-state index is -1.37. The Kier molecular flexibility index (Phi) is 2.34. The van der Waals surface area contributed by atoms with E-state index in [1.54, 1.807) is 20.8 Å². The highest BCUT2D eigenvalue weighted by atomic mass is 15.2. The summed E-state index contributed by atoms with van der Waals surface area (Å²) in [4.78, 5) is 1.14. The molecular weight excluding hydrogens is 388 g/mol. The number of benzene rings is 3. The highest BCUT2D eigenvalue weighted by Gasteiger charge is 2.36. The molecule has 1 aromatic heterocycles. The molecule has 2 nitrogen and oxygen atoms in total. The minimum absolute atomic E-state index is 0.0251. The predicted octanol–water partition coefficient (Wildman–Crippen LogP) is 8.21. The summed E-state index contributed by atoms with van der Waals surface area (Å²) in [6.07, 6.45) is -0.335. The van der Waals surface area contributed by atoms with Crippen LogP contribution in [-0.4, -0.2) is 11.1 Å². The first kappa shape index (κ1) is 10.3. The number of hydrogen-bond donors (Lipinski definition) is 0. The summed E-state index contributed by atoms with van der Waals surface area (Å²) in [5, 5.41) is 0.0251. The fraction of sp³-hybridized carbons (Fsp3) is 0.333. The number of fused-ring (bicyclic) bond motifs is 2. The van der Waals surface area contributed by atoms with Gasteiger partial charge in [-0.15, -0.1) is 0 Å². The zero-order chi connectivity index (χ0) is 34.9. The van der Waals surface area contributed by atoms with Crippen molar-refractivity contribution in [3.05, 3.63) is 89.8 Å². The first-order chi connectivity index (χ1) is 21.0. The van der Waals surface area contributed by atoms with Gasteiger partial charge in [-0.25, -0.2) is 0 Å². The summed E-state index contributed by atoms with van der Waals surface area (Å²) < 4.78 is 124. The summed E-state index contributed by atoms with van der Waals surface area (Å²) >= 11 is 0. The predicted molar refractivity (Wildman–Crippen MR) is 138 cm³/mol. The number of hydrogen-bond acceptors (Lipinski definition) is 1. The quantitative estimate of drug-likeness (QED) is 0.307. The Morgan fingerprint density at radius 2 is 1.53 bits per heavy atom. The lowest BCUT2D eigenvalue weighted by atomic mass is 9.78. The molecular formula is C30H34N2. The smallest absolute Gasteiger partial charge is 0.0826 e. The summed E-state index contributed by atoms with van der Waals surface area (Å²) in [5.41, 5.74) is -2.29. The second kappa shape index (κ2) is 7.27. The van der Waals surface area contributed by atoms with Crippen LogP contribution in [0.5, 0.6) is 0 Å². The molecule has 0 aliphatic carbocycles. The van der Waals surface area contributed by atoms with Gasteiger partial charge in [-0.3, -0.25) is 0 Å². The van der Waals surface area contributed by atoms with Gasteiger partial charge in [0.25, 0.3) is 0 Å². The number of anilines is 2. The van der Waals surface area contributed by atoms with E-state index in [-0.39, 0.29) is 45.6 Å². The Hall–Kier alpha value is -3.00. The lowest BCUT2D eigenvalue weighted by molar-refractivity contribution is 0.335. The van der Waals surface area contributed by atoms with Crippen LogP contribution in [0.2, 0.25) is 0 Å². The van der Waals surface area contributed by atoms with Crippen LogP contribution >= 0.6 is 0 Å². The van der Waals surface area contributed by atoms with Crippen LogP contribution in [0, 0.1) is 5.41 Å². The van der Waals surface area contributed by atoms with Crippen LogP contribution in [0.25, 0.3) is 16.6 Å². The Morgan fingerprint density at radius 3 is 2.28 bits per heavy atom. The first-order valence-corrected chi connectivity index (χ1v) is 10.5. The molecule has 0 saturated carbocycles. The zero-order valence-corrected chi connectivity index (χ0v) is 19.0. The van der Waals surface area contributed by atoms with Gasteiger partial charge in [-0.1, -0.05) is 83.8 Å². The van der Waals surface area contributed by atoms with Gasteiger partial charge in [-0.05, 0) is 52.2 Å². The molecule has 3 aromatic carbocycles. The Labute approximate surface area is 212 Å². The third-order valence-corrected chi connectivity index (χ3v) is 5.66.